The van der Waals surface area contributed by atoms with Gasteiger partial charge < -0.3 is 11.5 Å². The van der Waals surface area contributed by atoms with Gasteiger partial charge in [0, 0.05) is 23.2 Å². The molecule has 0 radical (unpaired) electrons. The highest BCUT2D eigenvalue weighted by Gasteiger charge is 2.09. The van der Waals surface area contributed by atoms with Crippen LogP contribution >= 0.6 is 11.6 Å². The Balaban J connectivity index is 3.04. The maximum absolute atomic E-state index is 13.0. The zero-order chi connectivity index (χ0) is 9.14. The second kappa shape index (κ2) is 3.85. The van der Waals surface area contributed by atoms with Crippen molar-refractivity contribution in [3.05, 3.63) is 34.6 Å². The van der Waals surface area contributed by atoms with Gasteiger partial charge in [0.1, 0.15) is 5.82 Å². The van der Waals surface area contributed by atoms with Crippen LogP contribution in [0.4, 0.5) is 4.39 Å². The Kier molecular flexibility index (Phi) is 3.03. The van der Waals surface area contributed by atoms with Crippen molar-refractivity contribution in [3.63, 3.8) is 0 Å². The van der Waals surface area contributed by atoms with E-state index in [0.29, 0.717) is 10.6 Å². The average Bonchev–Trinajstić information content (AvgIpc) is 2.08. The molecule has 4 N–H and O–H groups in total. The normalized spacial score (nSPS) is 13.0. The third-order valence-corrected chi connectivity index (χ3v) is 1.85. The Hall–Kier alpha value is -0.640. The molecule has 0 saturated heterocycles. The Bertz CT molecular complexity index is 278. The largest absolute Gasteiger partial charge is 0.329 e. The lowest BCUT2D eigenvalue weighted by Crippen LogP contribution is -2.21. The summed E-state index contributed by atoms with van der Waals surface area (Å²) in [4.78, 5) is 0. The van der Waals surface area contributed by atoms with Crippen molar-refractivity contribution in [3.8, 4) is 0 Å². The van der Waals surface area contributed by atoms with Crippen LogP contribution in [0.15, 0.2) is 18.2 Å². The standard InChI is InChI=1S/C8H10ClFN2/c9-5-1-2-7(10)6(3-5)8(12)4-11/h1-3,8H,4,11-12H2/t8-/m0/s1. The molecule has 1 atom stereocenters. The van der Waals surface area contributed by atoms with Gasteiger partial charge in [-0.25, -0.2) is 4.39 Å². The van der Waals surface area contributed by atoms with Crippen LogP contribution < -0.4 is 11.5 Å². The molecule has 0 aliphatic carbocycles. The van der Waals surface area contributed by atoms with Crippen LogP contribution in [0.2, 0.25) is 5.02 Å². The van der Waals surface area contributed by atoms with Gasteiger partial charge in [-0.1, -0.05) is 11.6 Å². The maximum atomic E-state index is 13.0. The number of benzene rings is 1. The van der Waals surface area contributed by atoms with Crippen molar-refractivity contribution in [2.75, 3.05) is 6.54 Å². The molecule has 4 heteroatoms. The molecule has 66 valence electrons. The molecule has 1 rings (SSSR count). The van der Waals surface area contributed by atoms with E-state index in [2.05, 4.69) is 0 Å². The summed E-state index contributed by atoms with van der Waals surface area (Å²) < 4.78 is 13.0. The molecule has 1 aromatic carbocycles. The highest BCUT2D eigenvalue weighted by atomic mass is 35.5. The maximum Gasteiger partial charge on any atom is 0.128 e. The molecule has 0 spiro atoms. The van der Waals surface area contributed by atoms with Crippen LogP contribution in [0, 0.1) is 5.82 Å². The van der Waals surface area contributed by atoms with Crippen molar-refractivity contribution in [2.24, 2.45) is 11.5 Å². The first-order valence-corrected chi connectivity index (χ1v) is 3.93. The van der Waals surface area contributed by atoms with Gasteiger partial charge in [-0.15, -0.1) is 0 Å². The van der Waals surface area contributed by atoms with Crippen LogP contribution in [0.1, 0.15) is 11.6 Å². The zero-order valence-corrected chi connectivity index (χ0v) is 7.18. The minimum absolute atomic E-state index is 0.206. The molecule has 0 fully saturated rings. The van der Waals surface area contributed by atoms with Crippen LogP contribution in [-0.4, -0.2) is 6.54 Å². The summed E-state index contributed by atoms with van der Waals surface area (Å²) in [5.74, 6) is -0.364. The molecule has 0 aliphatic heterocycles. The van der Waals surface area contributed by atoms with E-state index in [9.17, 15) is 4.39 Å². The van der Waals surface area contributed by atoms with Crippen LogP contribution in [0.5, 0.6) is 0 Å². The fourth-order valence-electron chi connectivity index (χ4n) is 0.926. The molecule has 1 aromatic rings. The fourth-order valence-corrected chi connectivity index (χ4v) is 1.11. The van der Waals surface area contributed by atoms with Gasteiger partial charge in [0.05, 0.1) is 0 Å². The first-order chi connectivity index (χ1) is 5.65. The smallest absolute Gasteiger partial charge is 0.128 e. The number of halogens is 2. The molecule has 12 heavy (non-hydrogen) atoms. The molecular formula is C8H10ClFN2. The highest BCUT2D eigenvalue weighted by molar-refractivity contribution is 6.30. The summed E-state index contributed by atoms with van der Waals surface area (Å²) in [6, 6.07) is 3.77. The van der Waals surface area contributed by atoms with Gasteiger partial charge in [-0.3, -0.25) is 0 Å². The topological polar surface area (TPSA) is 52.0 Å². The van der Waals surface area contributed by atoms with E-state index in [0.717, 1.165) is 0 Å². The lowest BCUT2D eigenvalue weighted by atomic mass is 10.1. The van der Waals surface area contributed by atoms with Gasteiger partial charge in [0.2, 0.25) is 0 Å². The number of rotatable bonds is 2. The second-order valence-electron chi connectivity index (χ2n) is 2.51. The molecular weight excluding hydrogens is 179 g/mol. The van der Waals surface area contributed by atoms with Crippen molar-refractivity contribution >= 4 is 11.6 Å². The molecule has 0 aromatic heterocycles. The molecule has 0 aliphatic rings. The molecule has 0 bridgehead atoms. The van der Waals surface area contributed by atoms with E-state index in [1.54, 1.807) is 0 Å². The van der Waals surface area contributed by atoms with Crippen molar-refractivity contribution in [2.45, 2.75) is 6.04 Å². The molecule has 0 amide bonds. The molecule has 2 nitrogen and oxygen atoms in total. The van der Waals surface area contributed by atoms with E-state index in [4.69, 9.17) is 23.1 Å². The Morgan fingerprint density at radius 2 is 2.17 bits per heavy atom. The summed E-state index contributed by atoms with van der Waals surface area (Å²) in [6.07, 6.45) is 0. The number of nitrogens with two attached hydrogens (primary N) is 2. The number of hydrogen-bond donors (Lipinski definition) is 2. The Labute approximate surface area is 75.3 Å². The molecule has 0 unspecified atom stereocenters. The first kappa shape index (κ1) is 9.45. The van der Waals surface area contributed by atoms with Gasteiger partial charge in [0.25, 0.3) is 0 Å². The highest BCUT2D eigenvalue weighted by Crippen LogP contribution is 2.18. The van der Waals surface area contributed by atoms with Crippen LogP contribution in [0.3, 0.4) is 0 Å². The minimum Gasteiger partial charge on any atom is -0.329 e. The zero-order valence-electron chi connectivity index (χ0n) is 6.43. The van der Waals surface area contributed by atoms with Crippen molar-refractivity contribution < 1.29 is 4.39 Å². The SMILES string of the molecule is NC[C@H](N)c1cc(Cl)ccc1F. The third kappa shape index (κ3) is 1.94. The van der Waals surface area contributed by atoms with Crippen LogP contribution in [0.25, 0.3) is 0 Å². The summed E-state index contributed by atoms with van der Waals surface area (Å²) in [6.45, 7) is 0.206. The lowest BCUT2D eigenvalue weighted by molar-refractivity contribution is 0.584. The molecule has 0 heterocycles. The summed E-state index contributed by atoms with van der Waals surface area (Å²) in [5.41, 5.74) is 11.2. The van der Waals surface area contributed by atoms with E-state index in [-0.39, 0.29) is 12.4 Å². The first-order valence-electron chi connectivity index (χ1n) is 3.55. The second-order valence-corrected chi connectivity index (χ2v) is 2.94. The number of hydrogen-bond acceptors (Lipinski definition) is 2. The van der Waals surface area contributed by atoms with E-state index in [1.807, 2.05) is 0 Å². The monoisotopic (exact) mass is 188 g/mol. The Morgan fingerprint density at radius 1 is 1.50 bits per heavy atom. The van der Waals surface area contributed by atoms with E-state index < -0.39 is 6.04 Å². The molecule has 0 saturated carbocycles. The summed E-state index contributed by atoms with van der Waals surface area (Å²) in [7, 11) is 0. The third-order valence-electron chi connectivity index (χ3n) is 1.61. The van der Waals surface area contributed by atoms with Gasteiger partial charge in [-0.2, -0.15) is 0 Å². The quantitative estimate of drug-likeness (QED) is 0.738. The van der Waals surface area contributed by atoms with Crippen molar-refractivity contribution in [1.82, 2.24) is 0 Å². The fraction of sp³-hybridized carbons (Fsp3) is 0.250. The van der Waals surface area contributed by atoms with Gasteiger partial charge >= 0.3 is 0 Å². The summed E-state index contributed by atoms with van der Waals surface area (Å²) >= 11 is 5.65. The average molecular weight is 189 g/mol. The van der Waals surface area contributed by atoms with E-state index >= 15 is 0 Å². The summed E-state index contributed by atoms with van der Waals surface area (Å²) in [5, 5.41) is 0.468. The minimum atomic E-state index is -0.483. The van der Waals surface area contributed by atoms with Crippen LogP contribution in [-0.2, 0) is 0 Å². The lowest BCUT2D eigenvalue weighted by Gasteiger charge is -2.09. The van der Waals surface area contributed by atoms with Gasteiger partial charge in [0.15, 0.2) is 0 Å². The van der Waals surface area contributed by atoms with Gasteiger partial charge in [-0.05, 0) is 18.2 Å². The predicted molar refractivity (Wildman–Crippen MR) is 47.4 cm³/mol. The van der Waals surface area contributed by atoms with E-state index in [1.165, 1.54) is 18.2 Å². The van der Waals surface area contributed by atoms with Crippen molar-refractivity contribution in [1.29, 1.82) is 0 Å². The Morgan fingerprint density at radius 3 is 2.75 bits per heavy atom. The predicted octanol–water partition coefficient (Wildman–Crippen LogP) is 1.44.